The normalized spacial score (nSPS) is 18.3. The van der Waals surface area contributed by atoms with Gasteiger partial charge in [0.25, 0.3) is 0 Å². The van der Waals surface area contributed by atoms with Crippen LogP contribution in [-0.4, -0.2) is 5.97 Å². The lowest BCUT2D eigenvalue weighted by atomic mass is 9.85. The van der Waals surface area contributed by atoms with Gasteiger partial charge in [0, 0.05) is 5.97 Å². The molecule has 0 aromatic rings. The number of carboxylic acid groups (broad SMARTS) is 1. The van der Waals surface area contributed by atoms with Gasteiger partial charge in [-0.1, -0.05) is 51.4 Å². The number of rotatable bonds is 6. The Morgan fingerprint density at radius 3 is 2.43 bits per heavy atom. The maximum atomic E-state index is 10.2. The first-order chi connectivity index (χ1) is 6.79. The van der Waals surface area contributed by atoms with Crippen LogP contribution in [0.1, 0.15) is 64.2 Å². The predicted octanol–water partition coefficient (Wildman–Crippen LogP) is 2.27. The quantitative estimate of drug-likeness (QED) is 0.613. The van der Waals surface area contributed by atoms with Crippen LogP contribution in [0.4, 0.5) is 0 Å². The van der Waals surface area contributed by atoms with E-state index in [1.807, 2.05) is 0 Å². The molecule has 0 N–H and O–H groups in total. The molecule has 0 aliphatic heterocycles. The van der Waals surface area contributed by atoms with Crippen molar-refractivity contribution in [2.24, 2.45) is 5.92 Å². The fourth-order valence-electron chi connectivity index (χ4n) is 2.35. The van der Waals surface area contributed by atoms with Crippen LogP contribution in [0.3, 0.4) is 0 Å². The standard InChI is InChI=1S/C12H22O2/c13-12(14)10-6-2-5-9-11-7-3-1-4-8-11/h11H,1-10H2,(H,13,14)/p-1. The van der Waals surface area contributed by atoms with Crippen molar-refractivity contribution < 1.29 is 9.90 Å². The lowest BCUT2D eigenvalue weighted by Crippen LogP contribution is -2.21. The molecule has 1 aliphatic rings. The molecule has 82 valence electrons. The van der Waals surface area contributed by atoms with Crippen LogP contribution >= 0.6 is 0 Å². The van der Waals surface area contributed by atoms with Gasteiger partial charge in [-0.3, -0.25) is 0 Å². The van der Waals surface area contributed by atoms with Crippen molar-refractivity contribution in [3.8, 4) is 0 Å². The maximum absolute atomic E-state index is 10.2. The van der Waals surface area contributed by atoms with E-state index in [4.69, 9.17) is 0 Å². The number of hydrogen-bond acceptors (Lipinski definition) is 2. The molecule has 0 heterocycles. The minimum atomic E-state index is -0.900. The van der Waals surface area contributed by atoms with E-state index in [-0.39, 0.29) is 6.42 Å². The Bertz CT molecular complexity index is 160. The Balaban J connectivity index is 1.90. The number of hydrogen-bond donors (Lipinski definition) is 0. The van der Waals surface area contributed by atoms with E-state index < -0.39 is 5.97 Å². The second-order valence-electron chi connectivity index (χ2n) is 4.48. The fraction of sp³-hybridized carbons (Fsp3) is 0.917. The van der Waals surface area contributed by atoms with Crippen molar-refractivity contribution in [1.82, 2.24) is 0 Å². The highest BCUT2D eigenvalue weighted by Crippen LogP contribution is 2.27. The number of carbonyl (C=O) groups is 1. The lowest BCUT2D eigenvalue weighted by Gasteiger charge is -2.21. The van der Waals surface area contributed by atoms with Gasteiger partial charge >= 0.3 is 0 Å². The molecule has 1 aliphatic carbocycles. The predicted molar refractivity (Wildman–Crippen MR) is 54.7 cm³/mol. The Morgan fingerprint density at radius 1 is 1.07 bits per heavy atom. The summed E-state index contributed by atoms with van der Waals surface area (Å²) in [6, 6.07) is 0. The van der Waals surface area contributed by atoms with Crippen LogP contribution in [0.25, 0.3) is 0 Å². The van der Waals surface area contributed by atoms with Gasteiger partial charge in [-0.05, 0) is 18.8 Å². The molecule has 14 heavy (non-hydrogen) atoms. The van der Waals surface area contributed by atoms with Gasteiger partial charge in [-0.2, -0.15) is 0 Å². The first-order valence-electron chi connectivity index (χ1n) is 5.99. The van der Waals surface area contributed by atoms with Crippen LogP contribution < -0.4 is 5.11 Å². The van der Waals surface area contributed by atoms with Crippen LogP contribution in [0.2, 0.25) is 0 Å². The monoisotopic (exact) mass is 197 g/mol. The zero-order valence-corrected chi connectivity index (χ0v) is 8.96. The summed E-state index contributed by atoms with van der Waals surface area (Å²) in [4.78, 5) is 10.2. The Labute approximate surface area is 86.7 Å². The topological polar surface area (TPSA) is 40.1 Å². The number of carbonyl (C=O) groups excluding carboxylic acids is 1. The number of carboxylic acids is 1. The molecular formula is C12H21O2-. The smallest absolute Gasteiger partial charge is 0.0414 e. The summed E-state index contributed by atoms with van der Waals surface area (Å²) in [6.45, 7) is 0. The highest BCUT2D eigenvalue weighted by Gasteiger charge is 2.12. The van der Waals surface area contributed by atoms with Crippen molar-refractivity contribution >= 4 is 5.97 Å². The zero-order valence-electron chi connectivity index (χ0n) is 8.96. The zero-order chi connectivity index (χ0) is 10.2. The molecule has 1 rings (SSSR count). The molecule has 1 fully saturated rings. The Morgan fingerprint density at radius 2 is 1.79 bits per heavy atom. The minimum absolute atomic E-state index is 0.241. The average Bonchev–Trinajstić information content (AvgIpc) is 2.18. The third-order valence-electron chi connectivity index (χ3n) is 3.22. The summed E-state index contributed by atoms with van der Waals surface area (Å²) in [5.74, 6) is 0.0365. The van der Waals surface area contributed by atoms with Gasteiger partial charge < -0.3 is 9.90 Å². The molecule has 0 spiro atoms. The summed E-state index contributed by atoms with van der Waals surface area (Å²) in [6.07, 6.45) is 11.7. The van der Waals surface area contributed by atoms with Crippen molar-refractivity contribution in [3.05, 3.63) is 0 Å². The van der Waals surface area contributed by atoms with E-state index in [1.165, 1.54) is 44.9 Å². The number of unbranched alkanes of at least 4 members (excludes halogenated alkanes) is 2. The number of aliphatic carboxylic acids is 1. The van der Waals surface area contributed by atoms with E-state index in [2.05, 4.69) is 0 Å². The first kappa shape index (κ1) is 11.5. The minimum Gasteiger partial charge on any atom is -0.550 e. The van der Waals surface area contributed by atoms with E-state index in [0.29, 0.717) is 0 Å². The molecule has 0 unspecified atom stereocenters. The Hall–Kier alpha value is -0.530. The third-order valence-corrected chi connectivity index (χ3v) is 3.22. The highest BCUT2D eigenvalue weighted by molar-refractivity contribution is 5.63. The maximum Gasteiger partial charge on any atom is 0.0414 e. The molecular weight excluding hydrogens is 176 g/mol. The molecule has 0 atom stereocenters. The van der Waals surface area contributed by atoms with Crippen LogP contribution in [0.5, 0.6) is 0 Å². The van der Waals surface area contributed by atoms with Crippen molar-refractivity contribution in [2.45, 2.75) is 64.2 Å². The largest absolute Gasteiger partial charge is 0.550 e. The van der Waals surface area contributed by atoms with Crippen LogP contribution in [0.15, 0.2) is 0 Å². The van der Waals surface area contributed by atoms with Gasteiger partial charge in [-0.15, -0.1) is 0 Å². The molecule has 0 saturated heterocycles. The molecule has 1 saturated carbocycles. The second-order valence-corrected chi connectivity index (χ2v) is 4.48. The summed E-state index contributed by atoms with van der Waals surface area (Å²) >= 11 is 0. The van der Waals surface area contributed by atoms with Crippen molar-refractivity contribution in [1.29, 1.82) is 0 Å². The van der Waals surface area contributed by atoms with E-state index in [9.17, 15) is 9.90 Å². The summed E-state index contributed by atoms with van der Waals surface area (Å²) in [5, 5.41) is 10.2. The summed E-state index contributed by atoms with van der Waals surface area (Å²) in [7, 11) is 0. The second kappa shape index (κ2) is 6.86. The molecule has 0 bridgehead atoms. The SMILES string of the molecule is O=C([O-])CCCCCC1CCCCC1. The van der Waals surface area contributed by atoms with Crippen LogP contribution in [-0.2, 0) is 4.79 Å². The molecule has 2 heteroatoms. The van der Waals surface area contributed by atoms with Gasteiger partial charge in [0.2, 0.25) is 0 Å². The third kappa shape index (κ3) is 5.25. The Kier molecular flexibility index (Phi) is 5.65. The van der Waals surface area contributed by atoms with Gasteiger partial charge in [-0.25, -0.2) is 0 Å². The lowest BCUT2D eigenvalue weighted by molar-refractivity contribution is -0.305. The molecule has 2 nitrogen and oxygen atoms in total. The van der Waals surface area contributed by atoms with E-state index in [1.54, 1.807) is 0 Å². The van der Waals surface area contributed by atoms with Gasteiger partial charge in [0.1, 0.15) is 0 Å². The summed E-state index contributed by atoms with van der Waals surface area (Å²) < 4.78 is 0. The average molecular weight is 197 g/mol. The first-order valence-corrected chi connectivity index (χ1v) is 5.99. The van der Waals surface area contributed by atoms with Crippen molar-refractivity contribution in [3.63, 3.8) is 0 Å². The molecule has 0 amide bonds. The molecule has 0 aromatic heterocycles. The van der Waals surface area contributed by atoms with Crippen LogP contribution in [0, 0.1) is 5.92 Å². The van der Waals surface area contributed by atoms with Gasteiger partial charge in [0.05, 0.1) is 0 Å². The fourth-order valence-corrected chi connectivity index (χ4v) is 2.35. The van der Waals surface area contributed by atoms with Gasteiger partial charge in [0.15, 0.2) is 0 Å². The van der Waals surface area contributed by atoms with E-state index >= 15 is 0 Å². The highest BCUT2D eigenvalue weighted by atomic mass is 16.4. The van der Waals surface area contributed by atoms with E-state index in [0.717, 1.165) is 18.8 Å². The summed E-state index contributed by atoms with van der Waals surface area (Å²) in [5.41, 5.74) is 0. The molecule has 0 radical (unpaired) electrons. The molecule has 0 aromatic carbocycles. The van der Waals surface area contributed by atoms with Crippen molar-refractivity contribution in [2.75, 3.05) is 0 Å².